The first kappa shape index (κ1) is 13.9. The maximum Gasteiger partial charge on any atom is 0.310 e. The Morgan fingerprint density at radius 1 is 1.16 bits per heavy atom. The Labute approximate surface area is 114 Å². The second-order valence-corrected chi connectivity index (χ2v) is 5.61. The van der Waals surface area contributed by atoms with E-state index in [9.17, 15) is 9.90 Å². The van der Waals surface area contributed by atoms with Crippen LogP contribution in [0.1, 0.15) is 42.4 Å². The first-order valence-corrected chi connectivity index (χ1v) is 6.96. The third-order valence-corrected chi connectivity index (χ3v) is 3.89. The summed E-state index contributed by atoms with van der Waals surface area (Å²) in [5.74, 6) is -0.232. The molecule has 0 spiro atoms. The molecule has 0 aromatic heterocycles. The fourth-order valence-electron chi connectivity index (χ4n) is 3.02. The van der Waals surface area contributed by atoms with Crippen LogP contribution >= 0.6 is 0 Å². The van der Waals surface area contributed by atoms with Crippen LogP contribution in [-0.4, -0.2) is 17.2 Å². The average Bonchev–Trinajstić information content (AvgIpc) is 2.34. The standard InChI is InChI=1S/C16H22O3/c1-10-8-11(2)15(12(3)9-10)19-14-7-5-4-6-13(14)16(17)18/h8-9,13-14H,4-7H2,1-3H3,(H,17,18). The van der Waals surface area contributed by atoms with Crippen molar-refractivity contribution in [3.05, 3.63) is 28.8 Å². The van der Waals surface area contributed by atoms with Crippen LogP contribution < -0.4 is 4.74 Å². The molecule has 0 radical (unpaired) electrons. The summed E-state index contributed by atoms with van der Waals surface area (Å²) >= 11 is 0. The summed E-state index contributed by atoms with van der Waals surface area (Å²) in [6.07, 6.45) is 3.42. The molecule has 1 fully saturated rings. The third kappa shape index (κ3) is 3.09. The zero-order chi connectivity index (χ0) is 14.0. The van der Waals surface area contributed by atoms with Crippen molar-refractivity contribution < 1.29 is 14.6 Å². The molecule has 2 atom stereocenters. The summed E-state index contributed by atoms with van der Waals surface area (Å²) in [6.45, 7) is 6.10. The van der Waals surface area contributed by atoms with E-state index in [4.69, 9.17) is 4.74 Å². The van der Waals surface area contributed by atoms with Crippen LogP contribution in [0.4, 0.5) is 0 Å². The minimum absolute atomic E-state index is 0.189. The summed E-state index contributed by atoms with van der Waals surface area (Å²) in [5, 5.41) is 9.29. The van der Waals surface area contributed by atoms with Gasteiger partial charge >= 0.3 is 5.97 Å². The number of hydrogen-bond donors (Lipinski definition) is 1. The number of hydrogen-bond acceptors (Lipinski definition) is 2. The van der Waals surface area contributed by atoms with Crippen molar-refractivity contribution in [1.29, 1.82) is 0 Å². The summed E-state index contributed by atoms with van der Waals surface area (Å²) < 4.78 is 6.06. The molecular formula is C16H22O3. The van der Waals surface area contributed by atoms with Crippen molar-refractivity contribution in [3.63, 3.8) is 0 Å². The fourth-order valence-corrected chi connectivity index (χ4v) is 3.02. The fraction of sp³-hybridized carbons (Fsp3) is 0.562. The van der Waals surface area contributed by atoms with Crippen molar-refractivity contribution in [2.45, 2.75) is 52.6 Å². The highest BCUT2D eigenvalue weighted by Crippen LogP contribution is 2.32. The van der Waals surface area contributed by atoms with Gasteiger partial charge in [-0.25, -0.2) is 0 Å². The van der Waals surface area contributed by atoms with Gasteiger partial charge in [0.15, 0.2) is 0 Å². The van der Waals surface area contributed by atoms with Crippen molar-refractivity contribution in [2.24, 2.45) is 5.92 Å². The lowest BCUT2D eigenvalue weighted by Crippen LogP contribution is -2.36. The number of aliphatic carboxylic acids is 1. The molecule has 0 amide bonds. The molecule has 1 aromatic rings. The highest BCUT2D eigenvalue weighted by molar-refractivity contribution is 5.71. The van der Waals surface area contributed by atoms with Crippen molar-refractivity contribution in [2.75, 3.05) is 0 Å². The minimum atomic E-state index is -0.730. The van der Waals surface area contributed by atoms with Gasteiger partial charge in [-0.05, 0) is 51.2 Å². The lowest BCUT2D eigenvalue weighted by atomic mass is 9.86. The van der Waals surface area contributed by atoms with Crippen LogP contribution in [0.5, 0.6) is 5.75 Å². The predicted molar refractivity (Wildman–Crippen MR) is 74.7 cm³/mol. The van der Waals surface area contributed by atoms with Gasteiger partial charge in [0, 0.05) is 0 Å². The van der Waals surface area contributed by atoms with E-state index in [1.807, 2.05) is 13.8 Å². The number of rotatable bonds is 3. The van der Waals surface area contributed by atoms with E-state index in [-0.39, 0.29) is 12.0 Å². The Morgan fingerprint density at radius 2 is 1.74 bits per heavy atom. The highest BCUT2D eigenvalue weighted by atomic mass is 16.5. The van der Waals surface area contributed by atoms with E-state index in [1.165, 1.54) is 5.56 Å². The number of ether oxygens (including phenoxy) is 1. The van der Waals surface area contributed by atoms with Crippen molar-refractivity contribution >= 4 is 5.97 Å². The van der Waals surface area contributed by atoms with Gasteiger partial charge in [0.2, 0.25) is 0 Å². The Balaban J connectivity index is 2.22. The van der Waals surface area contributed by atoms with E-state index in [0.29, 0.717) is 0 Å². The minimum Gasteiger partial charge on any atom is -0.489 e. The van der Waals surface area contributed by atoms with E-state index < -0.39 is 5.97 Å². The molecule has 19 heavy (non-hydrogen) atoms. The molecule has 3 heteroatoms. The normalized spacial score (nSPS) is 23.1. The van der Waals surface area contributed by atoms with E-state index >= 15 is 0 Å². The Kier molecular flexibility index (Phi) is 4.13. The predicted octanol–water partition coefficient (Wildman–Crippen LogP) is 3.63. The first-order chi connectivity index (χ1) is 8.99. The molecule has 1 saturated carbocycles. The molecule has 0 aliphatic heterocycles. The molecule has 1 aromatic carbocycles. The molecule has 3 nitrogen and oxygen atoms in total. The molecule has 2 rings (SSSR count). The van der Waals surface area contributed by atoms with Crippen LogP contribution in [0.2, 0.25) is 0 Å². The quantitative estimate of drug-likeness (QED) is 0.904. The van der Waals surface area contributed by atoms with Gasteiger partial charge in [0.1, 0.15) is 11.9 Å². The number of carboxylic acids is 1. The largest absolute Gasteiger partial charge is 0.489 e. The summed E-state index contributed by atoms with van der Waals surface area (Å²) in [6, 6.07) is 4.17. The molecule has 2 unspecified atom stereocenters. The molecule has 0 saturated heterocycles. The van der Waals surface area contributed by atoms with Crippen LogP contribution in [0, 0.1) is 26.7 Å². The second kappa shape index (κ2) is 5.64. The molecule has 0 bridgehead atoms. The average molecular weight is 262 g/mol. The zero-order valence-corrected chi connectivity index (χ0v) is 11.9. The van der Waals surface area contributed by atoms with Gasteiger partial charge < -0.3 is 9.84 Å². The Morgan fingerprint density at radius 3 is 2.32 bits per heavy atom. The third-order valence-electron chi connectivity index (χ3n) is 3.89. The summed E-state index contributed by atoms with van der Waals surface area (Å²) in [4.78, 5) is 11.3. The molecule has 1 aliphatic carbocycles. The SMILES string of the molecule is Cc1cc(C)c(OC2CCCCC2C(=O)O)c(C)c1. The lowest BCUT2D eigenvalue weighted by molar-refractivity contribution is -0.146. The first-order valence-electron chi connectivity index (χ1n) is 6.96. The van der Waals surface area contributed by atoms with Gasteiger partial charge in [0.25, 0.3) is 0 Å². The molecule has 1 aliphatic rings. The van der Waals surface area contributed by atoms with Crippen molar-refractivity contribution in [3.8, 4) is 5.75 Å². The van der Waals surface area contributed by atoms with E-state index in [2.05, 4.69) is 19.1 Å². The Hall–Kier alpha value is -1.51. The van der Waals surface area contributed by atoms with Crippen LogP contribution in [-0.2, 0) is 4.79 Å². The number of benzene rings is 1. The number of aryl methyl sites for hydroxylation is 3. The maximum atomic E-state index is 11.3. The highest BCUT2D eigenvalue weighted by Gasteiger charge is 2.32. The number of carbonyl (C=O) groups is 1. The zero-order valence-electron chi connectivity index (χ0n) is 11.9. The Bertz CT molecular complexity index is 456. The van der Waals surface area contributed by atoms with Gasteiger partial charge in [-0.2, -0.15) is 0 Å². The lowest BCUT2D eigenvalue weighted by Gasteiger charge is -2.30. The second-order valence-electron chi connectivity index (χ2n) is 5.61. The molecule has 104 valence electrons. The van der Waals surface area contributed by atoms with Crippen LogP contribution in [0.25, 0.3) is 0 Å². The van der Waals surface area contributed by atoms with Gasteiger partial charge in [0.05, 0.1) is 5.92 Å². The summed E-state index contributed by atoms with van der Waals surface area (Å²) in [7, 11) is 0. The van der Waals surface area contributed by atoms with Crippen molar-refractivity contribution in [1.82, 2.24) is 0 Å². The van der Waals surface area contributed by atoms with Crippen LogP contribution in [0.3, 0.4) is 0 Å². The van der Waals surface area contributed by atoms with Gasteiger partial charge in [-0.15, -0.1) is 0 Å². The maximum absolute atomic E-state index is 11.3. The van der Waals surface area contributed by atoms with Crippen LogP contribution in [0.15, 0.2) is 12.1 Å². The monoisotopic (exact) mass is 262 g/mol. The molecule has 0 heterocycles. The topological polar surface area (TPSA) is 46.5 Å². The van der Waals surface area contributed by atoms with E-state index in [0.717, 1.165) is 42.6 Å². The van der Waals surface area contributed by atoms with Gasteiger partial charge in [-0.1, -0.05) is 24.1 Å². The molecular weight excluding hydrogens is 240 g/mol. The number of carboxylic acid groups (broad SMARTS) is 1. The summed E-state index contributed by atoms with van der Waals surface area (Å²) in [5.41, 5.74) is 3.39. The van der Waals surface area contributed by atoms with E-state index in [1.54, 1.807) is 0 Å². The smallest absolute Gasteiger partial charge is 0.310 e. The molecule has 1 N–H and O–H groups in total. The van der Waals surface area contributed by atoms with Gasteiger partial charge in [-0.3, -0.25) is 4.79 Å².